The Kier molecular flexibility index (Phi) is 14.8. The van der Waals surface area contributed by atoms with Gasteiger partial charge in [-0.25, -0.2) is 10.2 Å². The standard InChI is InChI=1S/C50H64N8O10/c1-10-56-40-14-13-31-22-35(40)36(44(56)37-24-51-16-15-32(37)27-66-8)23-50(4,5)28-68-48(64)38-12-11-17-58(53-38)46(62)39(20-30-18-33(31)21-34(59)19-30)52-45(61)43(29(2)3)55(7)42(60)26-54(6)47(63)41-25-57(41)49(65)67-9/h13-16,18-19,21-22,24,29,38-39,41,43,53,59H,10-12,17,20,23,25-28H2,1-9H3,(H,52,61)/t38-,39-,41-,43-,57?/m0/s1. The zero-order valence-corrected chi connectivity index (χ0v) is 40.5. The van der Waals surface area contributed by atoms with Crippen LogP contribution >= 0.6 is 0 Å². The number of fused-ring (bicyclic) bond motifs is 6. The summed E-state index contributed by atoms with van der Waals surface area (Å²) in [7, 11) is 5.80. The summed E-state index contributed by atoms with van der Waals surface area (Å²) in [6, 6.07) is 9.36. The number of carbonyl (C=O) groups is 6. The molecule has 3 aliphatic rings. The average molecular weight is 937 g/mol. The summed E-state index contributed by atoms with van der Waals surface area (Å²) in [5, 5.41) is 16.6. The molecule has 18 nitrogen and oxygen atoms in total. The van der Waals surface area contributed by atoms with Gasteiger partial charge in [0.2, 0.25) is 17.7 Å². The molecule has 0 unspecified atom stereocenters. The first-order valence-electron chi connectivity index (χ1n) is 23.2. The predicted molar refractivity (Wildman–Crippen MR) is 253 cm³/mol. The van der Waals surface area contributed by atoms with E-state index in [0.717, 1.165) is 38.9 Å². The number of aromatic nitrogens is 2. The highest BCUT2D eigenvalue weighted by Gasteiger charge is 2.47. The average Bonchev–Trinajstić information content (AvgIpc) is 4.06. The minimum atomic E-state index is -1.22. The molecule has 0 radical (unpaired) electrons. The topological polar surface area (TPSA) is 205 Å². The number of hydrogen-bond donors (Lipinski definition) is 3. The smallest absolute Gasteiger partial charge is 0.410 e. The predicted octanol–water partition coefficient (Wildman–Crippen LogP) is 4.28. The second-order valence-electron chi connectivity index (χ2n) is 19.2. The van der Waals surface area contributed by atoms with Gasteiger partial charge in [-0.2, -0.15) is 0 Å². The number of phenolic OH excluding ortho intramolecular Hbond substituents is 1. The van der Waals surface area contributed by atoms with Crippen molar-refractivity contribution in [3.63, 3.8) is 0 Å². The first-order valence-corrected chi connectivity index (χ1v) is 23.2. The maximum absolute atomic E-state index is 14.7. The molecule has 2 fully saturated rings. The number of methoxy groups -OCH3 is 2. The lowest BCUT2D eigenvalue weighted by atomic mass is 9.84. The molecule has 2 saturated heterocycles. The summed E-state index contributed by atoms with van der Waals surface area (Å²) in [6.07, 6.45) is 4.34. The van der Waals surface area contributed by atoms with Gasteiger partial charge in [0.15, 0.2) is 0 Å². The number of hydrazine groups is 1. The Balaban J connectivity index is 1.26. The number of pyridine rings is 1. The molecule has 3 aliphatic heterocycles. The number of nitrogens with zero attached hydrogens (tertiary/aromatic N) is 6. The lowest BCUT2D eigenvalue weighted by molar-refractivity contribution is -0.155. The van der Waals surface area contributed by atoms with E-state index in [1.54, 1.807) is 39.3 Å². The Hall–Kier alpha value is -6.53. The number of ether oxygens (including phenoxy) is 3. The molecular formula is C50H64N8O10. The first kappa shape index (κ1) is 49.4. The highest BCUT2D eigenvalue weighted by molar-refractivity contribution is 5.97. The van der Waals surface area contributed by atoms with Crippen molar-refractivity contribution >= 4 is 46.6 Å². The van der Waals surface area contributed by atoms with Gasteiger partial charge >= 0.3 is 12.1 Å². The number of carbonyl (C=O) groups excluding carboxylic acids is 6. The SMILES string of the molecule is CCn1c(-c2cnccc2COC)c2c3cc(ccc31)-c1cc(O)cc(c1)C[C@H](NC(=O)[C@H](C(C)C)N(C)C(=O)CN(C)C(=O)[C@@H]1CN1C(=O)OC)C(=O)N1CCC[C@H](N1)C(=O)OCC(C)(C)C2. The Morgan fingerprint density at radius 1 is 1.06 bits per heavy atom. The van der Waals surface area contributed by atoms with E-state index in [9.17, 15) is 33.9 Å². The van der Waals surface area contributed by atoms with Crippen LogP contribution in [0.1, 0.15) is 64.2 Å². The van der Waals surface area contributed by atoms with E-state index in [2.05, 4.69) is 53.2 Å². The molecule has 4 atom stereocenters. The third-order valence-corrected chi connectivity index (χ3v) is 13.1. The molecule has 4 aromatic rings. The number of aromatic hydroxyl groups is 1. The molecule has 0 spiro atoms. The number of nitrogens with one attached hydrogen (secondary N) is 2. The Bertz CT molecular complexity index is 2590. The van der Waals surface area contributed by atoms with E-state index in [1.165, 1.54) is 40.9 Å². The number of cyclic esters (lactones) is 1. The molecule has 2 aromatic heterocycles. The second-order valence-corrected chi connectivity index (χ2v) is 19.2. The van der Waals surface area contributed by atoms with Gasteiger partial charge in [0.05, 0.1) is 39.1 Å². The maximum atomic E-state index is 14.7. The molecule has 0 aliphatic carbocycles. The van der Waals surface area contributed by atoms with Crippen molar-refractivity contribution in [1.29, 1.82) is 0 Å². The highest BCUT2D eigenvalue weighted by atomic mass is 16.5. The van der Waals surface area contributed by atoms with Crippen LogP contribution in [0, 0.1) is 11.3 Å². The number of phenols is 1. The molecule has 5 heterocycles. The van der Waals surface area contributed by atoms with E-state index < -0.39 is 71.2 Å². The van der Waals surface area contributed by atoms with Crippen molar-refractivity contribution in [2.24, 2.45) is 11.3 Å². The second kappa shape index (κ2) is 20.4. The summed E-state index contributed by atoms with van der Waals surface area (Å²) in [5.74, 6) is -3.10. The zero-order valence-electron chi connectivity index (χ0n) is 40.5. The lowest BCUT2D eigenvalue weighted by Gasteiger charge is -2.37. The minimum absolute atomic E-state index is 0.0406. The fourth-order valence-electron chi connectivity index (χ4n) is 9.59. The van der Waals surface area contributed by atoms with Gasteiger partial charge < -0.3 is 39.0 Å². The van der Waals surface area contributed by atoms with E-state index in [0.29, 0.717) is 43.5 Å². The van der Waals surface area contributed by atoms with Gasteiger partial charge in [-0.1, -0.05) is 39.8 Å². The maximum Gasteiger partial charge on any atom is 0.410 e. The van der Waals surface area contributed by atoms with Gasteiger partial charge in [-0.15, -0.1) is 0 Å². The molecule has 3 N–H and O–H groups in total. The van der Waals surface area contributed by atoms with Crippen molar-refractivity contribution in [3.8, 4) is 28.1 Å². The number of likely N-dealkylation sites (N-methyl/N-ethyl adjacent to an activating group) is 2. The van der Waals surface area contributed by atoms with Crippen LogP contribution in [0.3, 0.4) is 0 Å². The molecule has 5 amide bonds. The molecule has 7 rings (SSSR count). The monoisotopic (exact) mass is 936 g/mol. The van der Waals surface area contributed by atoms with E-state index >= 15 is 0 Å². The third kappa shape index (κ3) is 10.5. The minimum Gasteiger partial charge on any atom is -0.508 e. The molecule has 68 heavy (non-hydrogen) atoms. The van der Waals surface area contributed by atoms with E-state index in [1.807, 2.05) is 24.4 Å². The van der Waals surface area contributed by atoms with Gasteiger partial charge in [-0.05, 0) is 90.3 Å². The summed E-state index contributed by atoms with van der Waals surface area (Å²) in [5.41, 5.74) is 9.51. The van der Waals surface area contributed by atoms with Crippen LogP contribution in [0.2, 0.25) is 0 Å². The summed E-state index contributed by atoms with van der Waals surface area (Å²) < 4.78 is 18.7. The number of rotatable bonds is 11. The van der Waals surface area contributed by atoms with Crippen molar-refractivity contribution < 1.29 is 48.1 Å². The van der Waals surface area contributed by atoms with Gasteiger partial charge in [0, 0.05) is 75.0 Å². The fourth-order valence-corrected chi connectivity index (χ4v) is 9.59. The van der Waals surface area contributed by atoms with Crippen LogP contribution in [-0.2, 0) is 64.2 Å². The normalized spacial score (nSPS) is 19.8. The first-order chi connectivity index (χ1) is 32.4. The number of esters is 1. The molecule has 2 aromatic carbocycles. The quantitative estimate of drug-likeness (QED) is 0.143. The molecular weight excluding hydrogens is 873 g/mol. The lowest BCUT2D eigenvalue weighted by Crippen LogP contribution is -2.62. The van der Waals surface area contributed by atoms with Gasteiger partial charge in [-0.3, -0.25) is 38.9 Å². The Labute approximate surface area is 396 Å². The molecule has 18 heteroatoms. The summed E-state index contributed by atoms with van der Waals surface area (Å²) >= 11 is 0. The highest BCUT2D eigenvalue weighted by Crippen LogP contribution is 2.41. The zero-order chi connectivity index (χ0) is 49.2. The molecule has 6 bridgehead atoms. The van der Waals surface area contributed by atoms with Crippen LogP contribution in [0.25, 0.3) is 33.3 Å². The van der Waals surface area contributed by atoms with Crippen LogP contribution in [0.5, 0.6) is 5.75 Å². The van der Waals surface area contributed by atoms with Crippen molar-refractivity contribution in [2.45, 2.75) is 97.6 Å². The van der Waals surface area contributed by atoms with Crippen LogP contribution in [-0.4, -0.2) is 149 Å². The van der Waals surface area contributed by atoms with Crippen molar-refractivity contribution in [2.75, 3.05) is 54.6 Å². The third-order valence-electron chi connectivity index (χ3n) is 13.1. The van der Waals surface area contributed by atoms with E-state index in [-0.39, 0.29) is 38.4 Å². The van der Waals surface area contributed by atoms with Crippen molar-refractivity contribution in [1.82, 2.24) is 40.0 Å². The van der Waals surface area contributed by atoms with Crippen LogP contribution in [0.4, 0.5) is 4.79 Å². The van der Waals surface area contributed by atoms with Gasteiger partial charge in [0.1, 0.15) is 29.9 Å². The Morgan fingerprint density at radius 2 is 1.82 bits per heavy atom. The van der Waals surface area contributed by atoms with Gasteiger partial charge in [0.25, 0.3) is 5.91 Å². The molecule has 364 valence electrons. The number of hydrogen-bond acceptors (Lipinski definition) is 12. The Morgan fingerprint density at radius 3 is 2.53 bits per heavy atom. The largest absolute Gasteiger partial charge is 0.508 e. The fraction of sp³-hybridized carbons (Fsp3) is 0.500. The summed E-state index contributed by atoms with van der Waals surface area (Å²) in [6.45, 7) is 10.9. The molecule has 0 saturated carbocycles. The number of aryl methyl sites for hydroxylation is 1. The van der Waals surface area contributed by atoms with Crippen LogP contribution < -0.4 is 10.7 Å². The summed E-state index contributed by atoms with van der Waals surface area (Å²) in [4.78, 5) is 90.0. The number of amides is 5. The number of benzene rings is 2. The van der Waals surface area contributed by atoms with Crippen LogP contribution in [0.15, 0.2) is 54.9 Å². The van der Waals surface area contributed by atoms with E-state index in [4.69, 9.17) is 14.2 Å². The van der Waals surface area contributed by atoms with Crippen molar-refractivity contribution in [3.05, 3.63) is 71.5 Å².